The van der Waals surface area contributed by atoms with Gasteiger partial charge < -0.3 is 5.32 Å². The lowest BCUT2D eigenvalue weighted by Gasteiger charge is -2.03. The average molecular weight is 244 g/mol. The Hall–Kier alpha value is -1.62. The highest BCUT2D eigenvalue weighted by molar-refractivity contribution is 5.43. The first-order chi connectivity index (χ1) is 8.81. The van der Waals surface area contributed by atoms with Gasteiger partial charge in [0.2, 0.25) is 0 Å². The number of hydrogen-bond acceptors (Lipinski definition) is 3. The van der Waals surface area contributed by atoms with Gasteiger partial charge in [-0.1, -0.05) is 0 Å². The van der Waals surface area contributed by atoms with Crippen molar-refractivity contribution in [2.24, 2.45) is 0 Å². The minimum atomic E-state index is 0.00569. The van der Waals surface area contributed by atoms with Gasteiger partial charge in [-0.25, -0.2) is 9.50 Å². The van der Waals surface area contributed by atoms with Crippen LogP contribution >= 0.6 is 0 Å². The maximum atomic E-state index is 12.0. The zero-order chi connectivity index (χ0) is 12.1. The summed E-state index contributed by atoms with van der Waals surface area (Å²) in [5, 5.41) is 6.52. The molecule has 5 heteroatoms. The van der Waals surface area contributed by atoms with Crippen LogP contribution in [-0.4, -0.2) is 21.1 Å². The first kappa shape index (κ1) is 10.3. The molecule has 1 atom stereocenters. The van der Waals surface area contributed by atoms with E-state index in [1.165, 1.54) is 19.3 Å². The van der Waals surface area contributed by atoms with Crippen LogP contribution < -0.4 is 10.9 Å². The third kappa shape index (κ3) is 1.58. The number of pyridine rings is 1. The third-order valence-electron chi connectivity index (χ3n) is 3.94. The monoisotopic (exact) mass is 244 g/mol. The summed E-state index contributed by atoms with van der Waals surface area (Å²) in [6.45, 7) is 1.03. The number of aromatic nitrogens is 3. The highest BCUT2D eigenvalue weighted by Crippen LogP contribution is 2.39. The fourth-order valence-electron chi connectivity index (χ4n) is 2.76. The molecular formula is C13H16N4O. The molecule has 1 unspecified atom stereocenters. The van der Waals surface area contributed by atoms with E-state index in [-0.39, 0.29) is 11.6 Å². The fraction of sp³-hybridized carbons (Fsp3) is 0.538. The van der Waals surface area contributed by atoms with Gasteiger partial charge in [0.1, 0.15) is 5.82 Å². The smallest absolute Gasteiger partial charge is 0.271 e. The molecule has 1 saturated carbocycles. The van der Waals surface area contributed by atoms with Crippen molar-refractivity contribution in [1.29, 1.82) is 0 Å². The van der Waals surface area contributed by atoms with Crippen molar-refractivity contribution < 1.29 is 0 Å². The van der Waals surface area contributed by atoms with Crippen molar-refractivity contribution in [1.82, 2.24) is 19.9 Å². The Morgan fingerprint density at radius 3 is 2.89 bits per heavy atom. The van der Waals surface area contributed by atoms with Gasteiger partial charge in [0.25, 0.3) is 5.56 Å². The van der Waals surface area contributed by atoms with E-state index in [1.54, 1.807) is 10.6 Å². The quantitative estimate of drug-likeness (QED) is 0.837. The van der Waals surface area contributed by atoms with E-state index < -0.39 is 0 Å². The van der Waals surface area contributed by atoms with Crippen LogP contribution in [0.3, 0.4) is 0 Å². The normalized spacial score (nSPS) is 23.9. The second kappa shape index (κ2) is 3.68. The molecule has 1 saturated heterocycles. The molecule has 0 spiro atoms. The van der Waals surface area contributed by atoms with Crippen LogP contribution in [0, 0.1) is 0 Å². The summed E-state index contributed by atoms with van der Waals surface area (Å²) in [6, 6.07) is 4.07. The van der Waals surface area contributed by atoms with Crippen molar-refractivity contribution in [2.45, 2.75) is 37.6 Å². The average Bonchev–Trinajstić information content (AvgIpc) is 2.91. The van der Waals surface area contributed by atoms with Crippen LogP contribution in [0.15, 0.2) is 16.9 Å². The van der Waals surface area contributed by atoms with Gasteiger partial charge in [0, 0.05) is 6.07 Å². The van der Waals surface area contributed by atoms with E-state index in [0.717, 1.165) is 30.0 Å². The van der Waals surface area contributed by atoms with Crippen molar-refractivity contribution in [3.63, 3.8) is 0 Å². The number of H-pyrrole nitrogens is 1. The summed E-state index contributed by atoms with van der Waals surface area (Å²) in [7, 11) is 0. The van der Waals surface area contributed by atoms with Crippen molar-refractivity contribution in [3.8, 4) is 0 Å². The second-order valence-electron chi connectivity index (χ2n) is 5.35. The van der Waals surface area contributed by atoms with Crippen LogP contribution in [0.5, 0.6) is 0 Å². The van der Waals surface area contributed by atoms with E-state index in [0.29, 0.717) is 5.92 Å². The molecule has 0 amide bonds. The molecule has 2 aromatic heterocycles. The maximum absolute atomic E-state index is 12.0. The number of aromatic amines is 1. The number of fused-ring (bicyclic) bond motifs is 1. The van der Waals surface area contributed by atoms with Gasteiger partial charge in [0.05, 0.1) is 6.04 Å². The van der Waals surface area contributed by atoms with E-state index in [2.05, 4.69) is 15.4 Å². The van der Waals surface area contributed by atoms with Crippen molar-refractivity contribution >= 4 is 5.65 Å². The summed E-state index contributed by atoms with van der Waals surface area (Å²) < 4.78 is 1.56. The van der Waals surface area contributed by atoms with Crippen molar-refractivity contribution in [2.75, 3.05) is 6.54 Å². The molecule has 2 aliphatic rings. The predicted octanol–water partition coefficient (Wildman–Crippen LogP) is 1.32. The lowest BCUT2D eigenvalue weighted by atomic mass is 10.2. The van der Waals surface area contributed by atoms with Crippen LogP contribution in [0.1, 0.15) is 49.0 Å². The van der Waals surface area contributed by atoms with Crippen LogP contribution in [0.4, 0.5) is 0 Å². The van der Waals surface area contributed by atoms with E-state index in [9.17, 15) is 4.79 Å². The summed E-state index contributed by atoms with van der Waals surface area (Å²) in [5.41, 5.74) is 1.91. The summed E-state index contributed by atoms with van der Waals surface area (Å²) >= 11 is 0. The largest absolute Gasteiger partial charge is 0.307 e. The van der Waals surface area contributed by atoms with Crippen molar-refractivity contribution in [3.05, 3.63) is 33.9 Å². The molecular weight excluding hydrogens is 228 g/mol. The summed E-state index contributed by atoms with van der Waals surface area (Å²) in [4.78, 5) is 16.6. The number of hydrogen-bond donors (Lipinski definition) is 2. The highest BCUT2D eigenvalue weighted by atomic mass is 16.1. The zero-order valence-corrected chi connectivity index (χ0v) is 10.1. The molecule has 2 fully saturated rings. The molecule has 94 valence electrons. The van der Waals surface area contributed by atoms with Gasteiger partial charge in [0.15, 0.2) is 5.65 Å². The first-order valence-corrected chi connectivity index (χ1v) is 6.67. The van der Waals surface area contributed by atoms with Gasteiger partial charge in [-0.3, -0.25) is 9.89 Å². The van der Waals surface area contributed by atoms with Gasteiger partial charge >= 0.3 is 0 Å². The van der Waals surface area contributed by atoms with Crippen LogP contribution in [-0.2, 0) is 0 Å². The lowest BCUT2D eigenvalue weighted by Crippen LogP contribution is -2.16. The van der Waals surface area contributed by atoms with Gasteiger partial charge in [-0.05, 0) is 49.8 Å². The minimum Gasteiger partial charge on any atom is -0.307 e. The highest BCUT2D eigenvalue weighted by Gasteiger charge is 2.25. The summed E-state index contributed by atoms with van der Waals surface area (Å²) in [6.07, 6.45) is 4.67. The Kier molecular flexibility index (Phi) is 2.11. The molecule has 2 N–H and O–H groups in total. The minimum absolute atomic E-state index is 0.00569. The Bertz CT molecular complexity index is 647. The molecule has 5 nitrogen and oxygen atoms in total. The Morgan fingerprint density at radius 2 is 2.17 bits per heavy atom. The van der Waals surface area contributed by atoms with E-state index in [1.807, 2.05) is 6.07 Å². The Labute approximate surface area is 104 Å². The Morgan fingerprint density at radius 1 is 1.28 bits per heavy atom. The molecule has 3 heterocycles. The van der Waals surface area contributed by atoms with E-state index in [4.69, 9.17) is 0 Å². The summed E-state index contributed by atoms with van der Waals surface area (Å²) in [5.74, 6) is 1.48. The van der Waals surface area contributed by atoms with E-state index >= 15 is 0 Å². The first-order valence-electron chi connectivity index (χ1n) is 6.67. The molecule has 1 aliphatic carbocycles. The molecule has 4 rings (SSSR count). The number of nitrogens with zero attached hydrogens (tertiary/aromatic N) is 2. The SMILES string of the molecule is O=c1cc(C2CC2)cc2nc(C3CCCN3)[nH]n12. The molecule has 0 radical (unpaired) electrons. The topological polar surface area (TPSA) is 62.2 Å². The molecule has 2 aromatic rings. The third-order valence-corrected chi connectivity index (χ3v) is 3.94. The fourth-order valence-corrected chi connectivity index (χ4v) is 2.76. The zero-order valence-electron chi connectivity index (χ0n) is 10.1. The second-order valence-corrected chi connectivity index (χ2v) is 5.35. The molecule has 1 aliphatic heterocycles. The maximum Gasteiger partial charge on any atom is 0.271 e. The Balaban J connectivity index is 1.83. The molecule has 0 bridgehead atoms. The van der Waals surface area contributed by atoms with Gasteiger partial charge in [-0.2, -0.15) is 0 Å². The number of nitrogens with one attached hydrogen (secondary N) is 2. The lowest BCUT2D eigenvalue weighted by molar-refractivity contribution is 0.603. The standard InChI is InChI=1S/C13H16N4O/c18-12-7-9(8-3-4-8)6-11-15-13(16-17(11)12)10-2-1-5-14-10/h6-8,10,14H,1-5H2,(H,15,16). The van der Waals surface area contributed by atoms with Crippen LogP contribution in [0.2, 0.25) is 0 Å². The predicted molar refractivity (Wildman–Crippen MR) is 67.8 cm³/mol. The molecule has 0 aromatic carbocycles. The van der Waals surface area contributed by atoms with Gasteiger partial charge in [-0.15, -0.1) is 0 Å². The van der Waals surface area contributed by atoms with Crippen LogP contribution in [0.25, 0.3) is 5.65 Å². The number of rotatable bonds is 2. The molecule has 18 heavy (non-hydrogen) atoms.